The molecule has 114 valence electrons. The van der Waals surface area contributed by atoms with Gasteiger partial charge in [0.1, 0.15) is 0 Å². The zero-order chi connectivity index (χ0) is 14.1. The van der Waals surface area contributed by atoms with Crippen LogP contribution in [0.4, 0.5) is 0 Å². The topological polar surface area (TPSA) is 12.0 Å². The molecule has 1 aliphatic carbocycles. The maximum atomic E-state index is 3.78. The Balaban J connectivity index is 1.98. The summed E-state index contributed by atoms with van der Waals surface area (Å²) in [6.45, 7) is 8.45. The number of hydrogen-bond donors (Lipinski definition) is 1. The van der Waals surface area contributed by atoms with Crippen LogP contribution in [0.3, 0.4) is 0 Å². The molecule has 1 rings (SSSR count). The lowest BCUT2D eigenvalue weighted by Gasteiger charge is -2.37. The van der Waals surface area contributed by atoms with Crippen LogP contribution in [0.2, 0.25) is 0 Å². The SMILES string of the molecule is CSCCCCCCNC1CCC(C(C)(C)C)CC1. The highest BCUT2D eigenvalue weighted by molar-refractivity contribution is 7.98. The van der Waals surface area contributed by atoms with Gasteiger partial charge in [0, 0.05) is 6.04 Å². The van der Waals surface area contributed by atoms with Crippen molar-refractivity contribution in [2.24, 2.45) is 11.3 Å². The highest BCUT2D eigenvalue weighted by atomic mass is 32.2. The average molecular weight is 286 g/mol. The number of unbranched alkanes of at least 4 members (excludes halogenated alkanes) is 3. The van der Waals surface area contributed by atoms with Gasteiger partial charge in [-0.25, -0.2) is 0 Å². The molecule has 0 unspecified atom stereocenters. The quantitative estimate of drug-likeness (QED) is 0.622. The fourth-order valence-corrected chi connectivity index (χ4v) is 3.69. The van der Waals surface area contributed by atoms with Gasteiger partial charge in [-0.15, -0.1) is 0 Å². The second-order valence-corrected chi connectivity index (χ2v) is 8.26. The molecular weight excluding hydrogens is 250 g/mol. The molecule has 1 saturated carbocycles. The third-order valence-electron chi connectivity index (χ3n) is 4.66. The fourth-order valence-electron chi connectivity index (χ4n) is 3.19. The Labute approximate surface area is 125 Å². The van der Waals surface area contributed by atoms with E-state index in [1.165, 1.54) is 63.7 Å². The number of thioether (sulfide) groups is 1. The standard InChI is InChI=1S/C17H35NS/c1-17(2,3)15-9-11-16(12-10-15)18-13-7-5-6-8-14-19-4/h15-16,18H,5-14H2,1-4H3. The number of hydrogen-bond acceptors (Lipinski definition) is 2. The molecular formula is C17H35NS. The minimum absolute atomic E-state index is 0.516. The van der Waals surface area contributed by atoms with E-state index in [1.54, 1.807) is 0 Å². The predicted molar refractivity (Wildman–Crippen MR) is 90.1 cm³/mol. The number of nitrogens with one attached hydrogen (secondary N) is 1. The van der Waals surface area contributed by atoms with Gasteiger partial charge in [0.25, 0.3) is 0 Å². The monoisotopic (exact) mass is 285 g/mol. The summed E-state index contributed by atoms with van der Waals surface area (Å²) in [6, 6.07) is 0.810. The van der Waals surface area contributed by atoms with Crippen molar-refractivity contribution in [3.8, 4) is 0 Å². The molecule has 1 N–H and O–H groups in total. The molecule has 19 heavy (non-hydrogen) atoms. The van der Waals surface area contributed by atoms with E-state index >= 15 is 0 Å². The summed E-state index contributed by atoms with van der Waals surface area (Å²) in [4.78, 5) is 0. The molecule has 0 amide bonds. The summed E-state index contributed by atoms with van der Waals surface area (Å²) in [7, 11) is 0. The highest BCUT2D eigenvalue weighted by Crippen LogP contribution is 2.37. The zero-order valence-electron chi connectivity index (χ0n) is 13.6. The van der Waals surface area contributed by atoms with Gasteiger partial charge >= 0.3 is 0 Å². The normalized spacial score (nSPS) is 24.6. The second kappa shape index (κ2) is 9.28. The maximum Gasteiger partial charge on any atom is 0.00672 e. The van der Waals surface area contributed by atoms with E-state index in [9.17, 15) is 0 Å². The molecule has 0 spiro atoms. The van der Waals surface area contributed by atoms with Crippen LogP contribution in [-0.2, 0) is 0 Å². The molecule has 0 aromatic carbocycles. The Kier molecular flexibility index (Phi) is 8.48. The summed E-state index contributed by atoms with van der Waals surface area (Å²) in [6.07, 6.45) is 13.4. The van der Waals surface area contributed by atoms with Gasteiger partial charge in [0.15, 0.2) is 0 Å². The molecule has 2 heteroatoms. The first kappa shape index (κ1) is 17.4. The van der Waals surface area contributed by atoms with Gasteiger partial charge in [-0.3, -0.25) is 0 Å². The summed E-state index contributed by atoms with van der Waals surface area (Å²) in [5.41, 5.74) is 0.516. The lowest BCUT2D eigenvalue weighted by atomic mass is 9.71. The van der Waals surface area contributed by atoms with E-state index in [1.807, 2.05) is 11.8 Å². The molecule has 1 nitrogen and oxygen atoms in total. The van der Waals surface area contributed by atoms with Crippen LogP contribution in [0, 0.1) is 11.3 Å². The van der Waals surface area contributed by atoms with Gasteiger partial charge in [-0.2, -0.15) is 11.8 Å². The highest BCUT2D eigenvalue weighted by Gasteiger charge is 2.29. The van der Waals surface area contributed by atoms with E-state index < -0.39 is 0 Å². The van der Waals surface area contributed by atoms with Crippen LogP contribution >= 0.6 is 11.8 Å². The van der Waals surface area contributed by atoms with E-state index in [0.717, 1.165) is 12.0 Å². The van der Waals surface area contributed by atoms with Crippen LogP contribution < -0.4 is 5.32 Å². The minimum Gasteiger partial charge on any atom is -0.314 e. The first-order valence-corrected chi connectivity index (χ1v) is 9.65. The molecule has 0 saturated heterocycles. The van der Waals surface area contributed by atoms with E-state index in [0.29, 0.717) is 5.41 Å². The lowest BCUT2D eigenvalue weighted by Crippen LogP contribution is -2.36. The molecule has 0 radical (unpaired) electrons. The summed E-state index contributed by atoms with van der Waals surface area (Å²) in [5, 5.41) is 3.78. The van der Waals surface area contributed by atoms with Crippen LogP contribution in [0.1, 0.15) is 72.1 Å². The summed E-state index contributed by atoms with van der Waals surface area (Å²) >= 11 is 1.97. The summed E-state index contributed by atoms with van der Waals surface area (Å²) in [5.74, 6) is 2.28. The van der Waals surface area contributed by atoms with Crippen LogP contribution in [0.5, 0.6) is 0 Å². The number of rotatable bonds is 8. The Bertz CT molecular complexity index is 214. The molecule has 0 atom stereocenters. The van der Waals surface area contributed by atoms with Crippen molar-refractivity contribution in [1.29, 1.82) is 0 Å². The van der Waals surface area contributed by atoms with Crippen molar-refractivity contribution >= 4 is 11.8 Å². The Hall–Kier alpha value is 0.310. The van der Waals surface area contributed by atoms with E-state index in [4.69, 9.17) is 0 Å². The largest absolute Gasteiger partial charge is 0.314 e. The van der Waals surface area contributed by atoms with Crippen molar-refractivity contribution in [3.63, 3.8) is 0 Å². The van der Waals surface area contributed by atoms with Crippen molar-refractivity contribution in [2.75, 3.05) is 18.6 Å². The lowest BCUT2D eigenvalue weighted by molar-refractivity contribution is 0.160. The third kappa shape index (κ3) is 7.60. The van der Waals surface area contributed by atoms with E-state index in [2.05, 4.69) is 32.3 Å². The Morgan fingerprint density at radius 1 is 0.947 bits per heavy atom. The van der Waals surface area contributed by atoms with Crippen molar-refractivity contribution in [2.45, 2.75) is 78.2 Å². The second-order valence-electron chi connectivity index (χ2n) is 7.28. The first-order chi connectivity index (χ1) is 9.04. The predicted octanol–water partition coefficient (Wildman–Crippen LogP) is 5.10. The molecule has 0 aliphatic heterocycles. The molecule has 0 bridgehead atoms. The molecule has 0 aromatic rings. The summed E-state index contributed by atoms with van der Waals surface area (Å²) < 4.78 is 0. The molecule has 1 fully saturated rings. The van der Waals surface area contributed by atoms with Gasteiger partial charge in [0.2, 0.25) is 0 Å². The van der Waals surface area contributed by atoms with Crippen molar-refractivity contribution in [1.82, 2.24) is 5.32 Å². The minimum atomic E-state index is 0.516. The van der Waals surface area contributed by atoms with Crippen molar-refractivity contribution in [3.05, 3.63) is 0 Å². The van der Waals surface area contributed by atoms with Crippen molar-refractivity contribution < 1.29 is 0 Å². The maximum absolute atomic E-state index is 3.78. The Morgan fingerprint density at radius 2 is 1.58 bits per heavy atom. The van der Waals surface area contributed by atoms with Gasteiger partial charge in [-0.1, -0.05) is 33.6 Å². The molecule has 0 aromatic heterocycles. The van der Waals surface area contributed by atoms with Crippen LogP contribution in [0.25, 0.3) is 0 Å². The van der Waals surface area contributed by atoms with Gasteiger partial charge in [0.05, 0.1) is 0 Å². The van der Waals surface area contributed by atoms with Crippen LogP contribution in [-0.4, -0.2) is 24.6 Å². The van der Waals surface area contributed by atoms with Gasteiger partial charge in [-0.05, 0) is 68.4 Å². The van der Waals surface area contributed by atoms with Crippen LogP contribution in [0.15, 0.2) is 0 Å². The molecule has 1 aliphatic rings. The third-order valence-corrected chi connectivity index (χ3v) is 5.36. The fraction of sp³-hybridized carbons (Fsp3) is 1.00. The first-order valence-electron chi connectivity index (χ1n) is 8.26. The Morgan fingerprint density at radius 3 is 2.16 bits per heavy atom. The van der Waals surface area contributed by atoms with Gasteiger partial charge < -0.3 is 5.32 Å². The van der Waals surface area contributed by atoms with E-state index in [-0.39, 0.29) is 0 Å². The zero-order valence-corrected chi connectivity index (χ0v) is 14.5. The average Bonchev–Trinajstić information content (AvgIpc) is 2.37. The smallest absolute Gasteiger partial charge is 0.00672 e. The molecule has 0 heterocycles.